The summed E-state index contributed by atoms with van der Waals surface area (Å²) in [5, 5.41) is 7.09. The van der Waals surface area contributed by atoms with Gasteiger partial charge in [0.15, 0.2) is 6.17 Å². The van der Waals surface area contributed by atoms with E-state index in [1.807, 2.05) is 6.07 Å². The highest BCUT2D eigenvalue weighted by molar-refractivity contribution is 5.35. The first-order chi connectivity index (χ1) is 7.71. The highest BCUT2D eigenvalue weighted by Crippen LogP contribution is 2.29. The molecule has 1 aliphatic rings. The minimum absolute atomic E-state index is 0.495. The summed E-state index contributed by atoms with van der Waals surface area (Å²) in [6.07, 6.45) is 3.25. The molecule has 0 heterocycles. The topological polar surface area (TPSA) is 24.7 Å². The van der Waals surface area contributed by atoms with E-state index in [2.05, 4.69) is 10.2 Å². The van der Waals surface area contributed by atoms with Gasteiger partial charge in [0.2, 0.25) is 0 Å². The molecule has 1 aromatic carbocycles. The second kappa shape index (κ2) is 4.35. The monoisotopic (exact) mass is 220 g/mol. The lowest BCUT2D eigenvalue weighted by Crippen LogP contribution is -2.29. The number of hydrogen-bond donors (Lipinski definition) is 0. The van der Waals surface area contributed by atoms with Gasteiger partial charge in [0.1, 0.15) is 0 Å². The maximum Gasteiger partial charge on any atom is 0.272 e. The molecule has 2 atom stereocenters. The molecule has 0 amide bonds. The standard InChI is InChI=1S/C12H10F2N2/c13-11-8-4-5-9-12(11,14)16-15-10-6-2-1-3-7-10/h1-9,11H. The van der Waals surface area contributed by atoms with Gasteiger partial charge < -0.3 is 0 Å². The molecule has 0 bridgehead atoms. The van der Waals surface area contributed by atoms with Crippen LogP contribution in [-0.4, -0.2) is 12.0 Å². The zero-order chi connectivity index (χ0) is 11.4. The van der Waals surface area contributed by atoms with Crippen molar-refractivity contribution in [3.8, 4) is 0 Å². The molecule has 0 N–H and O–H groups in total. The normalized spacial score (nSPS) is 28.8. The van der Waals surface area contributed by atoms with E-state index < -0.39 is 12.0 Å². The van der Waals surface area contributed by atoms with Crippen molar-refractivity contribution < 1.29 is 8.78 Å². The molecule has 0 saturated carbocycles. The Balaban J connectivity index is 2.18. The SMILES string of the molecule is FC1C=CC=CC1(F)N=Nc1ccccc1. The molecule has 16 heavy (non-hydrogen) atoms. The Bertz CT molecular complexity index is 440. The van der Waals surface area contributed by atoms with Crippen molar-refractivity contribution in [3.05, 3.63) is 54.6 Å². The Morgan fingerprint density at radius 1 is 1.12 bits per heavy atom. The van der Waals surface area contributed by atoms with Crippen molar-refractivity contribution in [2.45, 2.75) is 12.0 Å². The molecule has 2 unspecified atom stereocenters. The minimum Gasteiger partial charge on any atom is -0.237 e. The van der Waals surface area contributed by atoms with E-state index in [4.69, 9.17) is 0 Å². The predicted molar refractivity (Wildman–Crippen MR) is 58.0 cm³/mol. The number of alkyl halides is 2. The summed E-state index contributed by atoms with van der Waals surface area (Å²) in [6, 6.07) is 8.65. The molecule has 0 saturated heterocycles. The quantitative estimate of drug-likeness (QED) is 0.533. The van der Waals surface area contributed by atoms with E-state index in [1.165, 1.54) is 12.2 Å². The summed E-state index contributed by atoms with van der Waals surface area (Å²) in [7, 11) is 0. The molecule has 2 nitrogen and oxygen atoms in total. The second-order valence-corrected chi connectivity index (χ2v) is 3.41. The zero-order valence-corrected chi connectivity index (χ0v) is 8.42. The Morgan fingerprint density at radius 3 is 2.56 bits per heavy atom. The third-order valence-corrected chi connectivity index (χ3v) is 2.18. The van der Waals surface area contributed by atoms with Crippen LogP contribution in [0.4, 0.5) is 14.5 Å². The lowest BCUT2D eigenvalue weighted by Gasteiger charge is -2.19. The highest BCUT2D eigenvalue weighted by Gasteiger charge is 2.37. The average molecular weight is 220 g/mol. The van der Waals surface area contributed by atoms with Gasteiger partial charge in [0.05, 0.1) is 5.69 Å². The predicted octanol–water partition coefficient (Wildman–Crippen LogP) is 3.90. The van der Waals surface area contributed by atoms with Gasteiger partial charge in [0.25, 0.3) is 5.79 Å². The molecule has 4 heteroatoms. The summed E-state index contributed by atoms with van der Waals surface area (Å²) in [6.45, 7) is 0. The van der Waals surface area contributed by atoms with E-state index >= 15 is 0 Å². The lowest BCUT2D eigenvalue weighted by molar-refractivity contribution is 0.127. The van der Waals surface area contributed by atoms with E-state index in [-0.39, 0.29) is 0 Å². The van der Waals surface area contributed by atoms with Gasteiger partial charge in [-0.1, -0.05) is 30.4 Å². The van der Waals surface area contributed by atoms with Crippen molar-refractivity contribution in [2.24, 2.45) is 10.2 Å². The number of allylic oxidation sites excluding steroid dienone is 2. The number of nitrogens with zero attached hydrogens (tertiary/aromatic N) is 2. The molecule has 0 radical (unpaired) electrons. The zero-order valence-electron chi connectivity index (χ0n) is 8.42. The van der Waals surface area contributed by atoms with E-state index in [0.717, 1.165) is 12.2 Å². The number of benzene rings is 1. The van der Waals surface area contributed by atoms with Crippen LogP contribution < -0.4 is 0 Å². The maximum absolute atomic E-state index is 13.9. The Kier molecular flexibility index (Phi) is 2.90. The van der Waals surface area contributed by atoms with E-state index in [9.17, 15) is 8.78 Å². The van der Waals surface area contributed by atoms with Crippen molar-refractivity contribution in [2.75, 3.05) is 0 Å². The molecule has 0 aliphatic heterocycles. The molecule has 1 aromatic rings. The van der Waals surface area contributed by atoms with Crippen LogP contribution in [0.1, 0.15) is 0 Å². The lowest BCUT2D eigenvalue weighted by atomic mass is 10.1. The van der Waals surface area contributed by atoms with Crippen LogP contribution in [0.25, 0.3) is 0 Å². The molecule has 0 fully saturated rings. The second-order valence-electron chi connectivity index (χ2n) is 3.41. The smallest absolute Gasteiger partial charge is 0.237 e. The molecule has 1 aliphatic carbocycles. The number of rotatable bonds is 2. The molecule has 0 spiro atoms. The fraction of sp³-hybridized carbons (Fsp3) is 0.167. The summed E-state index contributed by atoms with van der Waals surface area (Å²) < 4.78 is 27.1. The molecule has 0 aromatic heterocycles. The summed E-state index contributed by atoms with van der Waals surface area (Å²) in [5.74, 6) is -2.38. The van der Waals surface area contributed by atoms with Crippen molar-refractivity contribution in [1.29, 1.82) is 0 Å². The van der Waals surface area contributed by atoms with Crippen LogP contribution in [0.3, 0.4) is 0 Å². The van der Waals surface area contributed by atoms with Crippen LogP contribution in [-0.2, 0) is 0 Å². The minimum atomic E-state index is -2.38. The first-order valence-corrected chi connectivity index (χ1v) is 4.88. The van der Waals surface area contributed by atoms with Crippen LogP contribution >= 0.6 is 0 Å². The fourth-order valence-corrected chi connectivity index (χ4v) is 1.30. The maximum atomic E-state index is 13.9. The van der Waals surface area contributed by atoms with Gasteiger partial charge in [-0.25, -0.2) is 8.78 Å². The number of hydrogen-bond acceptors (Lipinski definition) is 2. The van der Waals surface area contributed by atoms with Crippen LogP contribution in [0, 0.1) is 0 Å². The number of halogens is 2. The van der Waals surface area contributed by atoms with Gasteiger partial charge in [-0.3, -0.25) is 0 Å². The highest BCUT2D eigenvalue weighted by atomic mass is 19.2. The number of azo groups is 1. The molecular formula is C12H10F2N2. The third-order valence-electron chi connectivity index (χ3n) is 2.18. The van der Waals surface area contributed by atoms with Crippen molar-refractivity contribution in [1.82, 2.24) is 0 Å². The van der Waals surface area contributed by atoms with E-state index in [1.54, 1.807) is 24.3 Å². The summed E-state index contributed by atoms with van der Waals surface area (Å²) in [5.41, 5.74) is 0.495. The third kappa shape index (κ3) is 2.21. The Morgan fingerprint density at radius 2 is 1.88 bits per heavy atom. The van der Waals surface area contributed by atoms with Crippen LogP contribution in [0.15, 0.2) is 64.9 Å². The average Bonchev–Trinajstić information content (AvgIpc) is 2.32. The molecule has 82 valence electrons. The summed E-state index contributed by atoms with van der Waals surface area (Å²) in [4.78, 5) is 0. The fourth-order valence-electron chi connectivity index (χ4n) is 1.30. The van der Waals surface area contributed by atoms with Crippen LogP contribution in [0.5, 0.6) is 0 Å². The Labute approximate surface area is 92.0 Å². The Hall–Kier alpha value is -1.84. The van der Waals surface area contributed by atoms with Gasteiger partial charge in [-0.05, 0) is 24.3 Å². The summed E-state index contributed by atoms with van der Waals surface area (Å²) >= 11 is 0. The molecular weight excluding hydrogens is 210 g/mol. The van der Waals surface area contributed by atoms with Crippen molar-refractivity contribution >= 4 is 5.69 Å². The van der Waals surface area contributed by atoms with Gasteiger partial charge in [-0.15, -0.1) is 5.11 Å². The van der Waals surface area contributed by atoms with Crippen molar-refractivity contribution in [3.63, 3.8) is 0 Å². The van der Waals surface area contributed by atoms with Gasteiger partial charge in [0, 0.05) is 0 Å². The first kappa shape index (κ1) is 10.7. The first-order valence-electron chi connectivity index (χ1n) is 4.88. The molecule has 2 rings (SSSR count). The van der Waals surface area contributed by atoms with Gasteiger partial charge >= 0.3 is 0 Å². The van der Waals surface area contributed by atoms with Gasteiger partial charge in [-0.2, -0.15) is 5.11 Å². The van der Waals surface area contributed by atoms with E-state index in [0.29, 0.717) is 5.69 Å². The van der Waals surface area contributed by atoms with Crippen LogP contribution in [0.2, 0.25) is 0 Å². The largest absolute Gasteiger partial charge is 0.272 e.